The molecule has 0 heterocycles. The van der Waals surface area contributed by atoms with Crippen LogP contribution in [-0.2, 0) is 4.79 Å². The minimum absolute atomic E-state index is 0.0156. The van der Waals surface area contributed by atoms with Crippen molar-refractivity contribution in [2.45, 2.75) is 38.8 Å². The summed E-state index contributed by atoms with van der Waals surface area (Å²) < 4.78 is 12.8. The normalized spacial score (nSPS) is 13.4. The number of halogens is 1. The number of nitrogens with two attached hydrogens (primary N) is 1. The van der Waals surface area contributed by atoms with E-state index in [-0.39, 0.29) is 11.9 Å². The molecule has 3 N–H and O–H groups in total. The monoisotopic (exact) mass is 238 g/mol. The molecule has 1 amide bonds. The number of carbonyl (C=O) groups is 1. The molecule has 0 saturated carbocycles. The first-order chi connectivity index (χ1) is 7.86. The molecule has 1 aromatic carbocycles. The van der Waals surface area contributed by atoms with Crippen molar-refractivity contribution in [1.82, 2.24) is 5.32 Å². The molecule has 4 heteroatoms. The quantitative estimate of drug-likeness (QED) is 0.825. The van der Waals surface area contributed by atoms with Gasteiger partial charge >= 0.3 is 0 Å². The first-order valence-electron chi connectivity index (χ1n) is 5.70. The fourth-order valence-electron chi connectivity index (χ4n) is 1.62. The third kappa shape index (κ3) is 3.53. The van der Waals surface area contributed by atoms with E-state index in [0.29, 0.717) is 0 Å². The van der Waals surface area contributed by atoms with E-state index in [1.807, 2.05) is 6.92 Å². The number of nitrogens with one attached hydrogen (secondary N) is 1. The van der Waals surface area contributed by atoms with Crippen LogP contribution in [0.4, 0.5) is 4.39 Å². The van der Waals surface area contributed by atoms with Gasteiger partial charge in [0.2, 0.25) is 5.91 Å². The molecule has 0 radical (unpaired) electrons. The van der Waals surface area contributed by atoms with Gasteiger partial charge in [-0.1, -0.05) is 19.1 Å². The lowest BCUT2D eigenvalue weighted by Crippen LogP contribution is -2.51. The predicted octanol–water partition coefficient (Wildman–Crippen LogP) is 2.13. The number of hydrogen-bond acceptors (Lipinski definition) is 2. The molecular formula is C13H19FN2O. The predicted molar refractivity (Wildman–Crippen MR) is 65.8 cm³/mol. The van der Waals surface area contributed by atoms with Gasteiger partial charge in [-0.3, -0.25) is 10.1 Å². The van der Waals surface area contributed by atoms with Crippen molar-refractivity contribution in [3.63, 3.8) is 0 Å². The molecule has 0 saturated heterocycles. The van der Waals surface area contributed by atoms with Gasteiger partial charge in [0.25, 0.3) is 0 Å². The molecule has 0 aliphatic carbocycles. The van der Waals surface area contributed by atoms with Crippen LogP contribution < -0.4 is 11.1 Å². The third-order valence-electron chi connectivity index (χ3n) is 2.83. The van der Waals surface area contributed by atoms with E-state index < -0.39 is 11.4 Å². The minimum Gasteiger partial charge on any atom is -0.368 e. The number of carbonyl (C=O) groups excluding carboxylic acids is 1. The van der Waals surface area contributed by atoms with Gasteiger partial charge in [-0.2, -0.15) is 0 Å². The summed E-state index contributed by atoms with van der Waals surface area (Å²) >= 11 is 0. The highest BCUT2D eigenvalue weighted by Gasteiger charge is 2.27. The maximum Gasteiger partial charge on any atom is 0.237 e. The van der Waals surface area contributed by atoms with Crippen LogP contribution in [0.25, 0.3) is 0 Å². The van der Waals surface area contributed by atoms with E-state index in [1.165, 1.54) is 12.1 Å². The molecule has 0 bridgehead atoms. The van der Waals surface area contributed by atoms with Crippen LogP contribution in [-0.4, -0.2) is 11.4 Å². The number of hydrogen-bond donors (Lipinski definition) is 2. The summed E-state index contributed by atoms with van der Waals surface area (Å²) in [4.78, 5) is 11.3. The Kier molecular flexibility index (Phi) is 4.23. The maximum absolute atomic E-state index is 12.8. The van der Waals surface area contributed by atoms with Crippen molar-refractivity contribution in [2.24, 2.45) is 5.73 Å². The van der Waals surface area contributed by atoms with Crippen LogP contribution in [0.2, 0.25) is 0 Å². The zero-order chi connectivity index (χ0) is 13.1. The second-order valence-corrected chi connectivity index (χ2v) is 4.65. The Hall–Kier alpha value is -1.42. The standard InChI is InChI=1S/C13H19FN2O/c1-4-11(16-13(2,3)12(15)17)9-5-7-10(14)8-6-9/h5-8,11,16H,4H2,1-3H3,(H2,15,17). The van der Waals surface area contributed by atoms with E-state index in [1.54, 1.807) is 26.0 Å². The summed E-state index contributed by atoms with van der Waals surface area (Å²) in [7, 11) is 0. The van der Waals surface area contributed by atoms with Crippen LogP contribution in [0.1, 0.15) is 38.8 Å². The van der Waals surface area contributed by atoms with Crippen molar-refractivity contribution >= 4 is 5.91 Å². The summed E-state index contributed by atoms with van der Waals surface area (Å²) in [6, 6.07) is 6.24. The maximum atomic E-state index is 12.8. The Bertz CT molecular complexity index is 387. The van der Waals surface area contributed by atoms with Crippen molar-refractivity contribution < 1.29 is 9.18 Å². The number of benzene rings is 1. The first kappa shape index (κ1) is 13.6. The van der Waals surface area contributed by atoms with Gasteiger partial charge in [-0.05, 0) is 38.0 Å². The lowest BCUT2D eigenvalue weighted by molar-refractivity contribution is -0.123. The highest BCUT2D eigenvalue weighted by atomic mass is 19.1. The third-order valence-corrected chi connectivity index (χ3v) is 2.83. The molecule has 0 aromatic heterocycles. The van der Waals surface area contributed by atoms with Crippen molar-refractivity contribution in [3.05, 3.63) is 35.6 Å². The highest BCUT2D eigenvalue weighted by molar-refractivity contribution is 5.83. The molecule has 1 rings (SSSR count). The van der Waals surface area contributed by atoms with Gasteiger partial charge in [0.1, 0.15) is 5.82 Å². The van der Waals surface area contributed by atoms with E-state index in [4.69, 9.17) is 5.73 Å². The Balaban J connectivity index is 2.86. The van der Waals surface area contributed by atoms with Crippen molar-refractivity contribution in [2.75, 3.05) is 0 Å². The molecule has 0 spiro atoms. The van der Waals surface area contributed by atoms with Gasteiger partial charge < -0.3 is 5.73 Å². The van der Waals surface area contributed by atoms with Gasteiger partial charge in [-0.15, -0.1) is 0 Å². The molecule has 0 aliphatic rings. The summed E-state index contributed by atoms with van der Waals surface area (Å²) in [6.45, 7) is 5.47. The smallest absolute Gasteiger partial charge is 0.237 e. The Morgan fingerprint density at radius 1 is 1.41 bits per heavy atom. The molecule has 1 aromatic rings. The topological polar surface area (TPSA) is 55.1 Å². The van der Waals surface area contributed by atoms with Gasteiger partial charge in [0.05, 0.1) is 5.54 Å². The molecule has 0 fully saturated rings. The fourth-order valence-corrected chi connectivity index (χ4v) is 1.62. The molecule has 1 unspecified atom stereocenters. The van der Waals surface area contributed by atoms with Crippen LogP contribution in [0.3, 0.4) is 0 Å². The Labute approximate surface area is 101 Å². The second kappa shape index (κ2) is 5.27. The summed E-state index contributed by atoms with van der Waals surface area (Å²) in [5.74, 6) is -0.671. The van der Waals surface area contributed by atoms with Gasteiger partial charge in [0.15, 0.2) is 0 Å². The Morgan fingerprint density at radius 3 is 2.35 bits per heavy atom. The molecule has 94 valence electrons. The zero-order valence-electron chi connectivity index (χ0n) is 10.5. The number of rotatable bonds is 5. The number of primary amides is 1. The number of amides is 1. The van der Waals surface area contributed by atoms with E-state index in [2.05, 4.69) is 5.32 Å². The Morgan fingerprint density at radius 2 is 1.94 bits per heavy atom. The van der Waals surface area contributed by atoms with Crippen molar-refractivity contribution in [3.8, 4) is 0 Å². The lowest BCUT2D eigenvalue weighted by Gasteiger charge is -2.29. The van der Waals surface area contributed by atoms with Crippen LogP contribution in [0.5, 0.6) is 0 Å². The van der Waals surface area contributed by atoms with Crippen LogP contribution >= 0.6 is 0 Å². The largest absolute Gasteiger partial charge is 0.368 e. The van der Waals surface area contributed by atoms with Gasteiger partial charge in [-0.25, -0.2) is 4.39 Å². The lowest BCUT2D eigenvalue weighted by atomic mass is 9.98. The molecule has 3 nitrogen and oxygen atoms in total. The van der Waals surface area contributed by atoms with Crippen molar-refractivity contribution in [1.29, 1.82) is 0 Å². The molecule has 17 heavy (non-hydrogen) atoms. The minimum atomic E-state index is -0.783. The van der Waals surface area contributed by atoms with E-state index >= 15 is 0 Å². The molecule has 0 aliphatic heterocycles. The fraction of sp³-hybridized carbons (Fsp3) is 0.462. The summed E-state index contributed by atoms with van der Waals surface area (Å²) in [5.41, 5.74) is 5.48. The summed E-state index contributed by atoms with van der Waals surface area (Å²) in [5, 5.41) is 3.18. The van der Waals surface area contributed by atoms with E-state index in [0.717, 1.165) is 12.0 Å². The zero-order valence-corrected chi connectivity index (χ0v) is 10.5. The average Bonchev–Trinajstić information content (AvgIpc) is 2.27. The van der Waals surface area contributed by atoms with Crippen LogP contribution in [0.15, 0.2) is 24.3 Å². The van der Waals surface area contributed by atoms with Crippen LogP contribution in [0, 0.1) is 5.82 Å². The first-order valence-corrected chi connectivity index (χ1v) is 5.70. The SMILES string of the molecule is CCC(NC(C)(C)C(N)=O)c1ccc(F)cc1. The second-order valence-electron chi connectivity index (χ2n) is 4.65. The molecule has 1 atom stereocenters. The van der Waals surface area contributed by atoms with Gasteiger partial charge in [0, 0.05) is 6.04 Å². The highest BCUT2D eigenvalue weighted by Crippen LogP contribution is 2.20. The molecular weight excluding hydrogens is 219 g/mol. The van der Waals surface area contributed by atoms with E-state index in [9.17, 15) is 9.18 Å². The summed E-state index contributed by atoms with van der Waals surface area (Å²) in [6.07, 6.45) is 0.794. The average molecular weight is 238 g/mol.